The highest BCUT2D eigenvalue weighted by Crippen LogP contribution is 2.28. The zero-order valence-electron chi connectivity index (χ0n) is 9.99. The number of aryl methyl sites for hydroxylation is 1. The van der Waals surface area contributed by atoms with Crippen LogP contribution in [0.15, 0.2) is 18.5 Å². The summed E-state index contributed by atoms with van der Waals surface area (Å²) in [6, 6.07) is 2.20. The van der Waals surface area contributed by atoms with E-state index < -0.39 is 0 Å². The summed E-state index contributed by atoms with van der Waals surface area (Å²) in [6.07, 6.45) is 3.71. The van der Waals surface area contributed by atoms with Gasteiger partial charge in [-0.15, -0.1) is 0 Å². The van der Waals surface area contributed by atoms with Crippen LogP contribution in [0.4, 0.5) is 0 Å². The van der Waals surface area contributed by atoms with Crippen molar-refractivity contribution in [1.29, 1.82) is 0 Å². The molecule has 0 saturated heterocycles. The molecule has 84 valence electrons. The molecular weight excluding hydrogens is 186 g/mol. The summed E-state index contributed by atoms with van der Waals surface area (Å²) >= 11 is 0. The molecule has 1 heterocycles. The van der Waals surface area contributed by atoms with Crippen molar-refractivity contribution < 1.29 is 0 Å². The Hall–Kier alpha value is -0.930. The number of nitrogens with two attached hydrogens (primary N) is 1. The van der Waals surface area contributed by atoms with Crippen LogP contribution in [0, 0.1) is 18.8 Å². The Labute approximate surface area is 92.1 Å². The molecule has 0 aliphatic heterocycles. The smallest absolute Gasteiger partial charge is 0.0505 e. The number of hydrogen-bond donors (Lipinski definition) is 2. The fourth-order valence-corrected chi connectivity index (χ4v) is 1.71. The first kappa shape index (κ1) is 12.1. The van der Waals surface area contributed by atoms with Crippen LogP contribution >= 0.6 is 0 Å². The van der Waals surface area contributed by atoms with Crippen LogP contribution in [0.25, 0.3) is 0 Å². The molecule has 15 heavy (non-hydrogen) atoms. The highest BCUT2D eigenvalue weighted by Gasteiger charge is 2.22. The molecule has 0 fully saturated rings. The number of nitrogens with zero attached hydrogens (tertiary/aromatic N) is 1. The van der Waals surface area contributed by atoms with Gasteiger partial charge in [0.2, 0.25) is 0 Å². The Kier molecular flexibility index (Phi) is 4.24. The molecule has 3 heteroatoms. The molecule has 3 N–H and O–H groups in total. The zero-order chi connectivity index (χ0) is 11.4. The first-order valence-electron chi connectivity index (χ1n) is 5.44. The molecule has 0 spiro atoms. The monoisotopic (exact) mass is 207 g/mol. The average Bonchev–Trinajstić information content (AvgIpc) is 2.21. The molecule has 1 rings (SSSR count). The van der Waals surface area contributed by atoms with E-state index in [2.05, 4.69) is 38.1 Å². The van der Waals surface area contributed by atoms with Crippen molar-refractivity contribution in [2.75, 3.05) is 0 Å². The summed E-state index contributed by atoms with van der Waals surface area (Å²) in [5.74, 6) is 6.71. The molecule has 2 unspecified atom stereocenters. The second kappa shape index (κ2) is 5.24. The van der Waals surface area contributed by atoms with Crippen molar-refractivity contribution in [3.05, 3.63) is 29.6 Å². The highest BCUT2D eigenvalue weighted by atomic mass is 15.2. The van der Waals surface area contributed by atoms with E-state index in [9.17, 15) is 0 Å². The largest absolute Gasteiger partial charge is 0.271 e. The van der Waals surface area contributed by atoms with Gasteiger partial charge in [-0.05, 0) is 36.0 Å². The minimum Gasteiger partial charge on any atom is -0.271 e. The maximum absolute atomic E-state index is 5.63. The van der Waals surface area contributed by atoms with E-state index in [-0.39, 0.29) is 6.04 Å². The topological polar surface area (TPSA) is 50.9 Å². The Morgan fingerprint density at radius 1 is 1.33 bits per heavy atom. The Morgan fingerprint density at radius 2 is 2.00 bits per heavy atom. The maximum Gasteiger partial charge on any atom is 0.0505 e. The molecule has 0 saturated carbocycles. The third-order valence-electron chi connectivity index (χ3n) is 3.17. The lowest BCUT2D eigenvalue weighted by Gasteiger charge is -2.27. The van der Waals surface area contributed by atoms with Gasteiger partial charge < -0.3 is 0 Å². The Balaban J connectivity index is 2.97. The maximum atomic E-state index is 5.63. The quantitative estimate of drug-likeness (QED) is 0.588. The molecule has 0 radical (unpaired) electrons. The first-order valence-corrected chi connectivity index (χ1v) is 5.44. The average molecular weight is 207 g/mol. The molecule has 3 nitrogen and oxygen atoms in total. The van der Waals surface area contributed by atoms with Gasteiger partial charge in [0, 0.05) is 12.4 Å². The minimum absolute atomic E-state index is 0.179. The predicted molar refractivity (Wildman–Crippen MR) is 63.0 cm³/mol. The normalized spacial score (nSPS) is 15.3. The molecule has 0 aliphatic carbocycles. The number of nitrogens with one attached hydrogen (secondary N) is 1. The molecule has 1 aromatic rings. The molecule has 0 amide bonds. The fourth-order valence-electron chi connectivity index (χ4n) is 1.71. The third-order valence-corrected chi connectivity index (χ3v) is 3.17. The van der Waals surface area contributed by atoms with Crippen molar-refractivity contribution in [2.24, 2.45) is 17.7 Å². The van der Waals surface area contributed by atoms with Crippen molar-refractivity contribution >= 4 is 0 Å². The van der Waals surface area contributed by atoms with E-state index in [1.54, 1.807) is 0 Å². The van der Waals surface area contributed by atoms with E-state index in [0.29, 0.717) is 11.8 Å². The van der Waals surface area contributed by atoms with Gasteiger partial charge in [-0.2, -0.15) is 0 Å². The number of hydrazine groups is 1. The van der Waals surface area contributed by atoms with Crippen LogP contribution in [-0.4, -0.2) is 4.98 Å². The number of rotatable bonds is 4. The second-order valence-corrected chi connectivity index (χ2v) is 4.48. The van der Waals surface area contributed by atoms with Crippen molar-refractivity contribution in [1.82, 2.24) is 10.4 Å². The Bertz CT molecular complexity index is 309. The summed E-state index contributed by atoms with van der Waals surface area (Å²) in [6.45, 7) is 8.72. The molecule has 0 bridgehead atoms. The molecule has 1 aromatic heterocycles. The number of hydrogen-bond acceptors (Lipinski definition) is 3. The van der Waals surface area contributed by atoms with Crippen LogP contribution in [0.5, 0.6) is 0 Å². The van der Waals surface area contributed by atoms with Crippen LogP contribution in [0.1, 0.15) is 37.9 Å². The van der Waals surface area contributed by atoms with Crippen molar-refractivity contribution in [3.63, 3.8) is 0 Å². The van der Waals surface area contributed by atoms with E-state index >= 15 is 0 Å². The highest BCUT2D eigenvalue weighted by molar-refractivity contribution is 5.25. The van der Waals surface area contributed by atoms with Gasteiger partial charge in [0.1, 0.15) is 0 Å². The summed E-state index contributed by atoms with van der Waals surface area (Å²) in [5, 5.41) is 0. The SMILES string of the molecule is Cc1ccncc1C(NN)C(C)C(C)C. The van der Waals surface area contributed by atoms with Crippen LogP contribution in [0.2, 0.25) is 0 Å². The van der Waals surface area contributed by atoms with Gasteiger partial charge in [-0.1, -0.05) is 20.8 Å². The third kappa shape index (κ3) is 2.76. The van der Waals surface area contributed by atoms with E-state index in [0.717, 1.165) is 0 Å². The van der Waals surface area contributed by atoms with Gasteiger partial charge >= 0.3 is 0 Å². The second-order valence-electron chi connectivity index (χ2n) is 4.48. The number of pyridine rings is 1. The lowest BCUT2D eigenvalue weighted by atomic mass is 9.85. The van der Waals surface area contributed by atoms with Gasteiger partial charge in [0.15, 0.2) is 0 Å². The molecular formula is C12H21N3. The van der Waals surface area contributed by atoms with Crippen molar-refractivity contribution in [3.8, 4) is 0 Å². The van der Waals surface area contributed by atoms with Crippen LogP contribution in [-0.2, 0) is 0 Å². The number of aromatic nitrogens is 1. The van der Waals surface area contributed by atoms with E-state index in [1.807, 2.05) is 18.5 Å². The molecule has 0 aromatic carbocycles. The van der Waals surface area contributed by atoms with Crippen LogP contribution < -0.4 is 11.3 Å². The van der Waals surface area contributed by atoms with Gasteiger partial charge in [-0.25, -0.2) is 0 Å². The van der Waals surface area contributed by atoms with Gasteiger partial charge in [0.25, 0.3) is 0 Å². The molecule has 0 aliphatic rings. The van der Waals surface area contributed by atoms with E-state index in [4.69, 9.17) is 5.84 Å². The lowest BCUT2D eigenvalue weighted by molar-refractivity contribution is 0.305. The summed E-state index contributed by atoms with van der Waals surface area (Å²) in [4.78, 5) is 4.16. The van der Waals surface area contributed by atoms with Gasteiger partial charge in [-0.3, -0.25) is 16.3 Å². The summed E-state index contributed by atoms with van der Waals surface area (Å²) in [7, 11) is 0. The fraction of sp³-hybridized carbons (Fsp3) is 0.583. The Morgan fingerprint density at radius 3 is 2.47 bits per heavy atom. The van der Waals surface area contributed by atoms with Gasteiger partial charge in [0.05, 0.1) is 6.04 Å². The van der Waals surface area contributed by atoms with Crippen molar-refractivity contribution in [2.45, 2.75) is 33.7 Å². The standard InChI is InChI=1S/C12H21N3/c1-8(2)10(4)12(15-13)11-7-14-6-5-9(11)3/h5-8,10,12,15H,13H2,1-4H3. The first-order chi connectivity index (χ1) is 7.07. The lowest BCUT2D eigenvalue weighted by Crippen LogP contribution is -2.35. The molecule has 2 atom stereocenters. The summed E-state index contributed by atoms with van der Waals surface area (Å²) < 4.78 is 0. The summed E-state index contributed by atoms with van der Waals surface area (Å²) in [5.41, 5.74) is 5.33. The predicted octanol–water partition coefficient (Wildman–Crippen LogP) is 2.19. The minimum atomic E-state index is 0.179. The zero-order valence-corrected chi connectivity index (χ0v) is 9.99. The van der Waals surface area contributed by atoms with Crippen LogP contribution in [0.3, 0.4) is 0 Å². The van der Waals surface area contributed by atoms with E-state index in [1.165, 1.54) is 11.1 Å².